The minimum atomic E-state index is -0.409. The molecule has 0 aromatic carbocycles. The molecule has 1 fully saturated rings. The van der Waals surface area contributed by atoms with Gasteiger partial charge < -0.3 is 4.74 Å². The predicted octanol–water partition coefficient (Wildman–Crippen LogP) is 2.48. The van der Waals surface area contributed by atoms with Crippen LogP contribution in [0, 0.1) is 24.2 Å². The molecule has 2 heterocycles. The highest BCUT2D eigenvalue weighted by atomic mass is 32.1. The fourth-order valence-electron chi connectivity index (χ4n) is 2.57. The SMILES string of the molecule is Cc1nc(-c2ncn[nH]2)sc1C(=O)O[C@@H]1CCCC[C@@H]1C#N. The minimum absolute atomic E-state index is 0.209. The van der Waals surface area contributed by atoms with Crippen LogP contribution >= 0.6 is 11.3 Å². The van der Waals surface area contributed by atoms with E-state index >= 15 is 0 Å². The van der Waals surface area contributed by atoms with Crippen molar-refractivity contribution in [3.63, 3.8) is 0 Å². The Kier molecular flexibility index (Phi) is 4.15. The van der Waals surface area contributed by atoms with Gasteiger partial charge in [0.15, 0.2) is 10.8 Å². The van der Waals surface area contributed by atoms with E-state index in [1.807, 2.05) is 0 Å². The largest absolute Gasteiger partial charge is 0.457 e. The number of thiazole rings is 1. The van der Waals surface area contributed by atoms with Gasteiger partial charge in [-0.25, -0.2) is 14.8 Å². The number of carbonyl (C=O) groups is 1. The number of esters is 1. The van der Waals surface area contributed by atoms with E-state index in [1.54, 1.807) is 6.92 Å². The third-order valence-electron chi connectivity index (χ3n) is 3.73. The molecule has 2 atom stereocenters. The first-order chi connectivity index (χ1) is 10.7. The minimum Gasteiger partial charge on any atom is -0.457 e. The average molecular weight is 317 g/mol. The van der Waals surface area contributed by atoms with Gasteiger partial charge in [0.05, 0.1) is 17.7 Å². The standard InChI is InChI=1S/C14H15N5O2S/c1-8-11(22-13(18-8)12-16-7-17-19-12)14(20)21-10-5-3-2-4-9(10)6-15/h7,9-10H,2-5H2,1H3,(H,16,17,19)/t9-,10-/m1/s1. The molecule has 0 bridgehead atoms. The van der Waals surface area contributed by atoms with Crippen LogP contribution in [0.25, 0.3) is 10.8 Å². The van der Waals surface area contributed by atoms with Gasteiger partial charge in [0.2, 0.25) is 0 Å². The van der Waals surface area contributed by atoms with Gasteiger partial charge in [-0.2, -0.15) is 10.4 Å². The Hall–Kier alpha value is -2.27. The van der Waals surface area contributed by atoms with Crippen molar-refractivity contribution >= 4 is 17.3 Å². The zero-order valence-corrected chi connectivity index (χ0v) is 12.9. The van der Waals surface area contributed by atoms with Gasteiger partial charge in [0, 0.05) is 0 Å². The zero-order valence-electron chi connectivity index (χ0n) is 12.1. The number of ether oxygens (including phenoxy) is 1. The molecule has 0 radical (unpaired) electrons. The second-order valence-electron chi connectivity index (χ2n) is 5.23. The maximum absolute atomic E-state index is 12.4. The third kappa shape index (κ3) is 2.85. The van der Waals surface area contributed by atoms with E-state index in [0.29, 0.717) is 21.4 Å². The van der Waals surface area contributed by atoms with Gasteiger partial charge in [0.25, 0.3) is 0 Å². The first kappa shape index (κ1) is 14.7. The maximum Gasteiger partial charge on any atom is 0.350 e. The van der Waals surface area contributed by atoms with Crippen molar-refractivity contribution in [3.8, 4) is 16.9 Å². The molecular formula is C14H15N5O2S. The van der Waals surface area contributed by atoms with Gasteiger partial charge in [0.1, 0.15) is 17.3 Å². The molecule has 1 aliphatic rings. The topological polar surface area (TPSA) is 105 Å². The monoisotopic (exact) mass is 317 g/mol. The zero-order chi connectivity index (χ0) is 15.5. The maximum atomic E-state index is 12.4. The molecule has 2 aromatic rings. The number of hydrogen-bond acceptors (Lipinski definition) is 7. The summed E-state index contributed by atoms with van der Waals surface area (Å²) in [6, 6.07) is 2.24. The van der Waals surface area contributed by atoms with Gasteiger partial charge in [-0.3, -0.25) is 5.10 Å². The first-order valence-corrected chi connectivity index (χ1v) is 7.94. The van der Waals surface area contributed by atoms with Gasteiger partial charge in [-0.1, -0.05) is 6.42 Å². The van der Waals surface area contributed by atoms with Crippen molar-refractivity contribution in [2.45, 2.75) is 38.7 Å². The molecule has 22 heavy (non-hydrogen) atoms. The second kappa shape index (κ2) is 6.23. The summed E-state index contributed by atoms with van der Waals surface area (Å²) in [6.07, 6.45) is 4.61. The highest BCUT2D eigenvalue weighted by Gasteiger charge is 2.30. The van der Waals surface area contributed by atoms with Crippen LogP contribution in [0.3, 0.4) is 0 Å². The predicted molar refractivity (Wildman–Crippen MR) is 79.0 cm³/mol. The molecule has 8 heteroatoms. The van der Waals surface area contributed by atoms with Crippen molar-refractivity contribution in [1.29, 1.82) is 5.26 Å². The van der Waals surface area contributed by atoms with Crippen molar-refractivity contribution in [1.82, 2.24) is 20.2 Å². The highest BCUT2D eigenvalue weighted by molar-refractivity contribution is 7.16. The van der Waals surface area contributed by atoms with E-state index in [9.17, 15) is 4.79 Å². The van der Waals surface area contributed by atoms with Crippen LogP contribution in [-0.4, -0.2) is 32.2 Å². The molecule has 7 nitrogen and oxygen atoms in total. The Balaban J connectivity index is 1.76. The van der Waals surface area contributed by atoms with E-state index in [1.165, 1.54) is 17.7 Å². The Morgan fingerprint density at radius 1 is 1.50 bits per heavy atom. The van der Waals surface area contributed by atoms with Crippen LogP contribution in [-0.2, 0) is 4.74 Å². The van der Waals surface area contributed by atoms with Gasteiger partial charge >= 0.3 is 5.97 Å². The molecule has 3 rings (SSSR count). The van der Waals surface area contributed by atoms with Crippen molar-refractivity contribution in [2.24, 2.45) is 5.92 Å². The van der Waals surface area contributed by atoms with Crippen LogP contribution in [0.4, 0.5) is 0 Å². The van der Waals surface area contributed by atoms with E-state index in [2.05, 4.69) is 26.2 Å². The van der Waals surface area contributed by atoms with Crippen molar-refractivity contribution < 1.29 is 9.53 Å². The van der Waals surface area contributed by atoms with E-state index < -0.39 is 5.97 Å². The summed E-state index contributed by atoms with van der Waals surface area (Å²) in [7, 11) is 0. The summed E-state index contributed by atoms with van der Waals surface area (Å²) in [5.41, 5.74) is 0.603. The number of aromatic amines is 1. The first-order valence-electron chi connectivity index (χ1n) is 7.13. The van der Waals surface area contributed by atoms with Crippen LogP contribution in [0.2, 0.25) is 0 Å². The Morgan fingerprint density at radius 2 is 2.32 bits per heavy atom. The van der Waals surface area contributed by atoms with Crippen LogP contribution in [0.5, 0.6) is 0 Å². The number of nitriles is 1. The Labute approximate surface area is 131 Å². The lowest BCUT2D eigenvalue weighted by Gasteiger charge is -2.26. The number of carbonyl (C=O) groups excluding carboxylic acids is 1. The molecule has 0 unspecified atom stereocenters. The summed E-state index contributed by atoms with van der Waals surface area (Å²) in [6.45, 7) is 1.76. The quantitative estimate of drug-likeness (QED) is 0.872. The number of rotatable bonds is 3. The van der Waals surface area contributed by atoms with E-state index in [4.69, 9.17) is 10.00 Å². The molecule has 1 aliphatic carbocycles. The van der Waals surface area contributed by atoms with Crippen LogP contribution in [0.15, 0.2) is 6.33 Å². The number of hydrogen-bond donors (Lipinski definition) is 1. The summed E-state index contributed by atoms with van der Waals surface area (Å²) in [5, 5.41) is 16.3. The Bertz CT molecular complexity index is 703. The molecule has 0 saturated heterocycles. The molecule has 1 N–H and O–H groups in total. The molecule has 1 saturated carbocycles. The number of aromatic nitrogens is 4. The highest BCUT2D eigenvalue weighted by Crippen LogP contribution is 2.30. The molecule has 0 spiro atoms. The Morgan fingerprint density at radius 3 is 3.05 bits per heavy atom. The molecule has 2 aromatic heterocycles. The van der Waals surface area contributed by atoms with E-state index in [0.717, 1.165) is 25.7 Å². The number of H-pyrrole nitrogens is 1. The normalized spacial score (nSPS) is 21.3. The summed E-state index contributed by atoms with van der Waals surface area (Å²) < 4.78 is 5.56. The lowest BCUT2D eigenvalue weighted by molar-refractivity contribution is 0.0112. The van der Waals surface area contributed by atoms with Crippen LogP contribution < -0.4 is 0 Å². The van der Waals surface area contributed by atoms with Crippen molar-refractivity contribution in [3.05, 3.63) is 16.9 Å². The third-order valence-corrected chi connectivity index (χ3v) is 4.87. The fraction of sp³-hybridized carbons (Fsp3) is 0.500. The summed E-state index contributed by atoms with van der Waals surface area (Å²) in [5.74, 6) is -0.0905. The molecule has 0 amide bonds. The number of nitrogens with one attached hydrogen (secondary N) is 1. The van der Waals surface area contributed by atoms with Gasteiger partial charge in [-0.05, 0) is 26.2 Å². The lowest BCUT2D eigenvalue weighted by Crippen LogP contribution is -2.29. The summed E-state index contributed by atoms with van der Waals surface area (Å²) >= 11 is 1.22. The fourth-order valence-corrected chi connectivity index (χ4v) is 3.47. The van der Waals surface area contributed by atoms with Gasteiger partial charge in [-0.15, -0.1) is 11.3 Å². The second-order valence-corrected chi connectivity index (χ2v) is 6.23. The smallest absolute Gasteiger partial charge is 0.350 e. The molecular weight excluding hydrogens is 302 g/mol. The average Bonchev–Trinajstić information content (AvgIpc) is 3.17. The molecule has 114 valence electrons. The van der Waals surface area contributed by atoms with E-state index in [-0.39, 0.29) is 12.0 Å². The number of aryl methyl sites for hydroxylation is 1. The lowest BCUT2D eigenvalue weighted by atomic mass is 9.87. The summed E-state index contributed by atoms with van der Waals surface area (Å²) in [4.78, 5) is 21.2. The molecule has 0 aliphatic heterocycles. The number of nitrogens with zero attached hydrogens (tertiary/aromatic N) is 4. The van der Waals surface area contributed by atoms with Crippen molar-refractivity contribution in [2.75, 3.05) is 0 Å². The van der Waals surface area contributed by atoms with Crippen LogP contribution in [0.1, 0.15) is 41.0 Å².